The Morgan fingerprint density at radius 2 is 1.86 bits per heavy atom. The molecule has 2 aliphatic rings. The minimum atomic E-state index is -0.361. The maximum Gasteiger partial charge on any atom is 0.497 e. The fourth-order valence-corrected chi connectivity index (χ4v) is 3.11. The van der Waals surface area contributed by atoms with E-state index in [0.29, 0.717) is 6.04 Å². The van der Waals surface area contributed by atoms with Crippen molar-refractivity contribution in [1.82, 2.24) is 14.5 Å². The molecule has 0 N–H and O–H groups in total. The molecule has 0 radical (unpaired) electrons. The Morgan fingerprint density at radius 1 is 1.18 bits per heavy atom. The second kappa shape index (κ2) is 4.55. The van der Waals surface area contributed by atoms with Gasteiger partial charge in [0.15, 0.2) is 0 Å². The van der Waals surface area contributed by atoms with Crippen molar-refractivity contribution in [3.8, 4) is 0 Å². The summed E-state index contributed by atoms with van der Waals surface area (Å²) in [5.41, 5.74) is 1.36. The predicted octanol–water partition coefficient (Wildman–Crippen LogP) is 2.46. The van der Waals surface area contributed by atoms with E-state index in [9.17, 15) is 0 Å². The monoisotopic (exact) mass is 299 g/mol. The Labute approximate surface area is 131 Å². The molecule has 22 heavy (non-hydrogen) atoms. The predicted molar refractivity (Wildman–Crippen MR) is 86.1 cm³/mol. The average Bonchev–Trinajstić information content (AvgIpc) is 2.84. The van der Waals surface area contributed by atoms with Gasteiger partial charge in [0.1, 0.15) is 12.0 Å². The first-order chi connectivity index (χ1) is 10.4. The van der Waals surface area contributed by atoms with Crippen LogP contribution in [0.2, 0.25) is 0 Å². The summed E-state index contributed by atoms with van der Waals surface area (Å²) >= 11 is 0. The third-order valence-electron chi connectivity index (χ3n) is 5.50. The first kappa shape index (κ1) is 14.2. The lowest BCUT2D eigenvalue weighted by atomic mass is 9.79. The summed E-state index contributed by atoms with van der Waals surface area (Å²) in [7, 11) is -0.361. The van der Waals surface area contributed by atoms with Crippen LogP contribution in [0, 0.1) is 0 Å². The SMILES string of the molecule is CC1(C)OB(c2cn(C3CCC3)c3ncncc23)OC1(C)C. The lowest BCUT2D eigenvalue weighted by Gasteiger charge is -2.32. The highest BCUT2D eigenvalue weighted by Gasteiger charge is 2.52. The summed E-state index contributed by atoms with van der Waals surface area (Å²) in [5, 5.41) is 1.04. The molecule has 6 heteroatoms. The summed E-state index contributed by atoms with van der Waals surface area (Å²) < 4.78 is 14.7. The molecule has 116 valence electrons. The number of hydrogen-bond acceptors (Lipinski definition) is 4. The topological polar surface area (TPSA) is 49.2 Å². The van der Waals surface area contributed by atoms with Crippen LogP contribution in [0.4, 0.5) is 0 Å². The van der Waals surface area contributed by atoms with Gasteiger partial charge >= 0.3 is 7.12 Å². The van der Waals surface area contributed by atoms with Crippen molar-refractivity contribution in [2.45, 2.75) is 64.2 Å². The lowest BCUT2D eigenvalue weighted by Crippen LogP contribution is -2.41. The summed E-state index contributed by atoms with van der Waals surface area (Å²) in [6, 6.07) is 0.550. The largest absolute Gasteiger partial charge is 0.497 e. The van der Waals surface area contributed by atoms with E-state index in [2.05, 4.69) is 48.4 Å². The zero-order valence-corrected chi connectivity index (χ0v) is 13.7. The molecule has 1 saturated heterocycles. The number of aromatic nitrogens is 3. The molecule has 1 aliphatic carbocycles. The molecule has 0 aromatic carbocycles. The van der Waals surface area contributed by atoms with Crippen LogP contribution in [0.1, 0.15) is 53.0 Å². The molecular formula is C16H22BN3O2. The maximum atomic E-state index is 6.21. The molecule has 4 rings (SSSR count). The second-order valence-corrected chi connectivity index (χ2v) is 7.42. The number of fused-ring (bicyclic) bond motifs is 1. The minimum absolute atomic E-state index is 0.335. The van der Waals surface area contributed by atoms with Gasteiger partial charge in [-0.1, -0.05) is 0 Å². The van der Waals surface area contributed by atoms with E-state index in [1.165, 1.54) is 19.3 Å². The van der Waals surface area contributed by atoms with E-state index in [-0.39, 0.29) is 18.3 Å². The summed E-state index contributed by atoms with van der Waals surface area (Å²) in [6.07, 6.45) is 9.38. The van der Waals surface area contributed by atoms with Crippen molar-refractivity contribution in [2.24, 2.45) is 0 Å². The van der Waals surface area contributed by atoms with Crippen LogP contribution in [-0.4, -0.2) is 32.9 Å². The van der Waals surface area contributed by atoms with Gasteiger partial charge in [-0.15, -0.1) is 0 Å². The standard InChI is InChI=1S/C16H22BN3O2/c1-15(2)16(3,4)22-17(21-15)13-9-20(11-6-5-7-11)14-12(13)8-18-10-19-14/h8-11H,5-7H2,1-4H3. The Morgan fingerprint density at radius 3 is 2.45 bits per heavy atom. The minimum Gasteiger partial charge on any atom is -0.399 e. The summed E-state index contributed by atoms with van der Waals surface area (Å²) in [6.45, 7) is 8.31. The van der Waals surface area contributed by atoms with E-state index < -0.39 is 0 Å². The number of rotatable bonds is 2. The van der Waals surface area contributed by atoms with Crippen molar-refractivity contribution in [3.63, 3.8) is 0 Å². The van der Waals surface area contributed by atoms with E-state index in [1.54, 1.807) is 6.33 Å². The van der Waals surface area contributed by atoms with Crippen molar-refractivity contribution in [2.75, 3.05) is 0 Å². The van der Waals surface area contributed by atoms with Crippen molar-refractivity contribution in [3.05, 3.63) is 18.7 Å². The fraction of sp³-hybridized carbons (Fsp3) is 0.625. The van der Waals surface area contributed by atoms with Gasteiger partial charge in [0.25, 0.3) is 0 Å². The molecule has 0 bridgehead atoms. The van der Waals surface area contributed by atoms with Gasteiger partial charge in [0.05, 0.1) is 11.2 Å². The van der Waals surface area contributed by atoms with Gasteiger partial charge in [0.2, 0.25) is 0 Å². The molecule has 0 spiro atoms. The maximum absolute atomic E-state index is 6.21. The average molecular weight is 299 g/mol. The Bertz CT molecular complexity index is 705. The number of nitrogens with zero attached hydrogens (tertiary/aromatic N) is 3. The van der Waals surface area contributed by atoms with E-state index in [1.807, 2.05) is 6.20 Å². The van der Waals surface area contributed by atoms with Gasteiger partial charge < -0.3 is 13.9 Å². The molecule has 2 aromatic heterocycles. The molecule has 2 aromatic rings. The fourth-order valence-electron chi connectivity index (χ4n) is 3.11. The third kappa shape index (κ3) is 1.93. The zero-order chi connectivity index (χ0) is 15.5. The van der Waals surface area contributed by atoms with Gasteiger partial charge in [-0.25, -0.2) is 9.97 Å². The van der Waals surface area contributed by atoms with Crippen LogP contribution in [0.15, 0.2) is 18.7 Å². The van der Waals surface area contributed by atoms with Crippen LogP contribution in [0.3, 0.4) is 0 Å². The first-order valence-electron chi connectivity index (χ1n) is 8.05. The summed E-state index contributed by atoms with van der Waals surface area (Å²) in [4.78, 5) is 8.69. The number of hydrogen-bond donors (Lipinski definition) is 0. The molecule has 1 aliphatic heterocycles. The van der Waals surface area contributed by atoms with Crippen LogP contribution in [0.25, 0.3) is 11.0 Å². The molecule has 0 atom stereocenters. The van der Waals surface area contributed by atoms with Crippen molar-refractivity contribution < 1.29 is 9.31 Å². The molecule has 5 nitrogen and oxygen atoms in total. The molecule has 2 fully saturated rings. The Balaban J connectivity index is 1.79. The van der Waals surface area contributed by atoms with Crippen molar-refractivity contribution in [1.29, 1.82) is 0 Å². The highest BCUT2D eigenvalue weighted by molar-refractivity contribution is 6.65. The van der Waals surface area contributed by atoms with Gasteiger partial charge in [-0.3, -0.25) is 0 Å². The van der Waals surface area contributed by atoms with E-state index in [4.69, 9.17) is 9.31 Å². The van der Waals surface area contributed by atoms with E-state index in [0.717, 1.165) is 16.5 Å². The lowest BCUT2D eigenvalue weighted by molar-refractivity contribution is 0.00578. The van der Waals surface area contributed by atoms with Crippen LogP contribution in [-0.2, 0) is 9.31 Å². The second-order valence-electron chi connectivity index (χ2n) is 7.42. The van der Waals surface area contributed by atoms with Crippen LogP contribution in [0.5, 0.6) is 0 Å². The molecule has 0 amide bonds. The molecule has 0 unspecified atom stereocenters. The van der Waals surface area contributed by atoms with Crippen molar-refractivity contribution >= 4 is 23.6 Å². The van der Waals surface area contributed by atoms with E-state index >= 15 is 0 Å². The van der Waals surface area contributed by atoms with Gasteiger partial charge in [-0.2, -0.15) is 0 Å². The highest BCUT2D eigenvalue weighted by atomic mass is 16.7. The smallest absolute Gasteiger partial charge is 0.399 e. The molecular weight excluding hydrogens is 277 g/mol. The third-order valence-corrected chi connectivity index (χ3v) is 5.50. The van der Waals surface area contributed by atoms with Crippen LogP contribution < -0.4 is 5.46 Å². The highest BCUT2D eigenvalue weighted by Crippen LogP contribution is 2.38. The Hall–Kier alpha value is -1.40. The van der Waals surface area contributed by atoms with Gasteiger partial charge in [0, 0.05) is 29.3 Å². The quantitative estimate of drug-likeness (QED) is 0.799. The summed E-state index contributed by atoms with van der Waals surface area (Å²) in [5.74, 6) is 0. The normalized spacial score (nSPS) is 23.9. The Kier molecular flexibility index (Phi) is 2.94. The molecule has 3 heterocycles. The zero-order valence-electron chi connectivity index (χ0n) is 13.7. The first-order valence-corrected chi connectivity index (χ1v) is 8.05. The van der Waals surface area contributed by atoms with Gasteiger partial charge in [-0.05, 0) is 47.0 Å². The molecule has 1 saturated carbocycles. The van der Waals surface area contributed by atoms with Crippen LogP contribution >= 0.6 is 0 Å².